The van der Waals surface area contributed by atoms with Gasteiger partial charge in [-0.15, -0.1) is 0 Å². The van der Waals surface area contributed by atoms with Gasteiger partial charge < -0.3 is 9.73 Å². The molecule has 1 aromatic carbocycles. The minimum Gasteiger partial charge on any atom is -0.441 e. The van der Waals surface area contributed by atoms with Crippen LogP contribution in [-0.2, 0) is 6.42 Å². The van der Waals surface area contributed by atoms with Gasteiger partial charge in [0.15, 0.2) is 11.5 Å². The van der Waals surface area contributed by atoms with E-state index in [2.05, 4.69) is 31.1 Å². The zero-order valence-electron chi connectivity index (χ0n) is 12.1. The fraction of sp³-hybridized carbons (Fsp3) is 0.562. The lowest BCUT2D eigenvalue weighted by Crippen LogP contribution is -2.31. The van der Waals surface area contributed by atoms with Crippen LogP contribution < -0.4 is 5.32 Å². The number of benzene rings is 1. The minimum absolute atomic E-state index is 0.459. The largest absolute Gasteiger partial charge is 0.441 e. The first-order valence-corrected chi connectivity index (χ1v) is 7.27. The lowest BCUT2D eigenvalue weighted by Gasteiger charge is -2.17. The van der Waals surface area contributed by atoms with Gasteiger partial charge in [0.05, 0.1) is 0 Å². The molecule has 0 aliphatic rings. The van der Waals surface area contributed by atoms with E-state index in [4.69, 9.17) is 4.42 Å². The SMILES string of the molecule is CCNC(CCC(C)C)Cc1nc2ccccc2o1. The van der Waals surface area contributed by atoms with Crippen LogP contribution in [0.15, 0.2) is 28.7 Å². The predicted octanol–water partition coefficient (Wildman–Crippen LogP) is 3.78. The number of rotatable bonds is 7. The van der Waals surface area contributed by atoms with Crippen molar-refractivity contribution in [1.29, 1.82) is 0 Å². The molecule has 19 heavy (non-hydrogen) atoms. The molecule has 0 aliphatic carbocycles. The smallest absolute Gasteiger partial charge is 0.197 e. The van der Waals surface area contributed by atoms with E-state index in [0.29, 0.717) is 6.04 Å². The van der Waals surface area contributed by atoms with Crippen molar-refractivity contribution < 1.29 is 4.42 Å². The quantitative estimate of drug-likeness (QED) is 0.823. The maximum absolute atomic E-state index is 5.80. The Balaban J connectivity index is 2.02. The third-order valence-electron chi connectivity index (χ3n) is 3.34. The summed E-state index contributed by atoms with van der Waals surface area (Å²) in [4.78, 5) is 4.56. The molecule has 0 radical (unpaired) electrons. The number of hydrogen-bond acceptors (Lipinski definition) is 3. The van der Waals surface area contributed by atoms with Crippen LogP contribution in [0.1, 0.15) is 39.5 Å². The summed E-state index contributed by atoms with van der Waals surface area (Å²) in [6, 6.07) is 8.41. The molecular weight excluding hydrogens is 236 g/mol. The fourth-order valence-corrected chi connectivity index (χ4v) is 2.32. The van der Waals surface area contributed by atoms with Gasteiger partial charge in [0, 0.05) is 12.5 Å². The van der Waals surface area contributed by atoms with Gasteiger partial charge in [0.2, 0.25) is 0 Å². The van der Waals surface area contributed by atoms with Gasteiger partial charge in [0.25, 0.3) is 0 Å². The van der Waals surface area contributed by atoms with Gasteiger partial charge in [-0.3, -0.25) is 0 Å². The minimum atomic E-state index is 0.459. The number of nitrogens with one attached hydrogen (secondary N) is 1. The Morgan fingerprint density at radius 2 is 2.00 bits per heavy atom. The molecule has 0 amide bonds. The molecule has 0 saturated carbocycles. The van der Waals surface area contributed by atoms with Crippen LogP contribution in [0.2, 0.25) is 0 Å². The van der Waals surface area contributed by atoms with E-state index in [1.807, 2.05) is 24.3 Å². The maximum Gasteiger partial charge on any atom is 0.197 e. The summed E-state index contributed by atoms with van der Waals surface area (Å²) in [5.74, 6) is 1.58. The van der Waals surface area contributed by atoms with Crippen LogP contribution in [-0.4, -0.2) is 17.6 Å². The highest BCUT2D eigenvalue weighted by Crippen LogP contribution is 2.17. The molecule has 3 heteroatoms. The zero-order chi connectivity index (χ0) is 13.7. The normalized spacial score (nSPS) is 13.3. The van der Waals surface area contributed by atoms with Crippen LogP contribution in [0.3, 0.4) is 0 Å². The first-order valence-electron chi connectivity index (χ1n) is 7.27. The first-order chi connectivity index (χ1) is 9.19. The van der Waals surface area contributed by atoms with Gasteiger partial charge in [-0.2, -0.15) is 0 Å². The third kappa shape index (κ3) is 4.06. The average molecular weight is 260 g/mol. The second-order valence-electron chi connectivity index (χ2n) is 5.51. The van der Waals surface area contributed by atoms with Crippen molar-refractivity contribution in [2.75, 3.05) is 6.54 Å². The highest BCUT2D eigenvalue weighted by atomic mass is 16.3. The fourth-order valence-electron chi connectivity index (χ4n) is 2.32. The Labute approximate surface area is 115 Å². The zero-order valence-corrected chi connectivity index (χ0v) is 12.1. The van der Waals surface area contributed by atoms with Gasteiger partial charge in [-0.1, -0.05) is 32.9 Å². The molecular formula is C16H24N2O. The first kappa shape index (κ1) is 14.1. The van der Waals surface area contributed by atoms with Gasteiger partial charge in [-0.05, 0) is 37.4 Å². The van der Waals surface area contributed by atoms with Crippen molar-refractivity contribution in [3.05, 3.63) is 30.2 Å². The number of hydrogen-bond donors (Lipinski definition) is 1. The summed E-state index contributed by atoms with van der Waals surface area (Å²) in [5.41, 5.74) is 1.84. The summed E-state index contributed by atoms with van der Waals surface area (Å²) < 4.78 is 5.80. The molecule has 2 rings (SSSR count). The van der Waals surface area contributed by atoms with E-state index in [1.54, 1.807) is 0 Å². The molecule has 2 aromatic rings. The molecule has 1 heterocycles. The Kier molecular flexibility index (Phi) is 4.97. The molecule has 104 valence electrons. The molecule has 0 aliphatic heterocycles. The van der Waals surface area contributed by atoms with E-state index in [-0.39, 0.29) is 0 Å². The topological polar surface area (TPSA) is 38.1 Å². The Bertz CT molecular complexity index is 471. The Hall–Kier alpha value is -1.35. The molecule has 0 bridgehead atoms. The van der Waals surface area contributed by atoms with Crippen molar-refractivity contribution in [3.63, 3.8) is 0 Å². The lowest BCUT2D eigenvalue weighted by atomic mass is 10.0. The molecule has 1 unspecified atom stereocenters. The molecule has 0 fully saturated rings. The number of aromatic nitrogens is 1. The van der Waals surface area contributed by atoms with Crippen LogP contribution in [0.4, 0.5) is 0 Å². The van der Waals surface area contributed by atoms with E-state index in [9.17, 15) is 0 Å². The summed E-state index contributed by atoms with van der Waals surface area (Å²) in [7, 11) is 0. The van der Waals surface area contributed by atoms with E-state index in [1.165, 1.54) is 12.8 Å². The van der Waals surface area contributed by atoms with Crippen LogP contribution >= 0.6 is 0 Å². The summed E-state index contributed by atoms with van der Waals surface area (Å²) in [5, 5.41) is 3.53. The maximum atomic E-state index is 5.80. The molecule has 1 N–H and O–H groups in total. The Morgan fingerprint density at radius 1 is 1.21 bits per heavy atom. The van der Waals surface area contributed by atoms with Crippen molar-refractivity contribution in [2.45, 2.75) is 46.1 Å². The molecule has 1 atom stereocenters. The number of oxazole rings is 1. The summed E-state index contributed by atoms with van der Waals surface area (Å²) in [6.45, 7) is 7.67. The van der Waals surface area contributed by atoms with E-state index < -0.39 is 0 Å². The van der Waals surface area contributed by atoms with Crippen LogP contribution in [0.25, 0.3) is 11.1 Å². The second kappa shape index (κ2) is 6.71. The van der Waals surface area contributed by atoms with Gasteiger partial charge in [0.1, 0.15) is 5.52 Å². The van der Waals surface area contributed by atoms with Crippen LogP contribution in [0, 0.1) is 5.92 Å². The highest BCUT2D eigenvalue weighted by Gasteiger charge is 2.13. The highest BCUT2D eigenvalue weighted by molar-refractivity contribution is 5.72. The predicted molar refractivity (Wildman–Crippen MR) is 79.2 cm³/mol. The number of nitrogens with zero attached hydrogens (tertiary/aromatic N) is 1. The number of para-hydroxylation sites is 2. The number of fused-ring (bicyclic) bond motifs is 1. The molecule has 3 nitrogen and oxygen atoms in total. The van der Waals surface area contributed by atoms with Crippen molar-refractivity contribution >= 4 is 11.1 Å². The monoisotopic (exact) mass is 260 g/mol. The van der Waals surface area contributed by atoms with Crippen molar-refractivity contribution in [1.82, 2.24) is 10.3 Å². The van der Waals surface area contributed by atoms with Crippen molar-refractivity contribution in [3.8, 4) is 0 Å². The molecule has 0 saturated heterocycles. The second-order valence-corrected chi connectivity index (χ2v) is 5.51. The average Bonchev–Trinajstić information content (AvgIpc) is 2.78. The van der Waals surface area contributed by atoms with Crippen molar-refractivity contribution in [2.24, 2.45) is 5.92 Å². The molecule has 0 spiro atoms. The summed E-state index contributed by atoms with van der Waals surface area (Å²) >= 11 is 0. The number of likely N-dealkylation sites (N-methyl/N-ethyl adjacent to an activating group) is 1. The van der Waals surface area contributed by atoms with Crippen LogP contribution in [0.5, 0.6) is 0 Å². The van der Waals surface area contributed by atoms with Gasteiger partial charge >= 0.3 is 0 Å². The van der Waals surface area contributed by atoms with Gasteiger partial charge in [-0.25, -0.2) is 4.98 Å². The lowest BCUT2D eigenvalue weighted by molar-refractivity contribution is 0.401. The molecule has 1 aromatic heterocycles. The standard InChI is InChI=1S/C16H24N2O/c1-4-17-13(10-9-12(2)3)11-16-18-14-7-5-6-8-15(14)19-16/h5-8,12-13,17H,4,9-11H2,1-3H3. The third-order valence-corrected chi connectivity index (χ3v) is 3.34. The summed E-state index contributed by atoms with van der Waals surface area (Å²) in [6.07, 6.45) is 3.28. The van der Waals surface area contributed by atoms with E-state index >= 15 is 0 Å². The van der Waals surface area contributed by atoms with E-state index in [0.717, 1.165) is 35.9 Å². The Morgan fingerprint density at radius 3 is 2.68 bits per heavy atom.